The van der Waals surface area contributed by atoms with Crippen molar-refractivity contribution in [2.24, 2.45) is 0 Å². The van der Waals surface area contributed by atoms with E-state index in [9.17, 15) is 13.2 Å². The number of rotatable bonds is 7. The number of thiocarbonyl (C=S) groups is 1. The molecule has 0 saturated heterocycles. The van der Waals surface area contributed by atoms with Crippen molar-refractivity contribution >= 4 is 33.3 Å². The molecule has 0 spiro atoms. The van der Waals surface area contributed by atoms with E-state index < -0.39 is 15.6 Å². The summed E-state index contributed by atoms with van der Waals surface area (Å²) >= 11 is 4.87. The summed E-state index contributed by atoms with van der Waals surface area (Å²) in [7, 11) is -1.10. The second-order valence-corrected chi connectivity index (χ2v) is 8.59. The van der Waals surface area contributed by atoms with Crippen LogP contribution in [-0.4, -0.2) is 33.6 Å². The monoisotopic (exact) mass is 425 g/mol. The highest BCUT2D eigenvalue weighted by Crippen LogP contribution is 2.26. The normalized spacial score (nSPS) is 11.6. The second-order valence-electron chi connectivity index (χ2n) is 6.53. The zero-order valence-corrected chi connectivity index (χ0v) is 17.7. The maximum absolute atomic E-state index is 12.6. The van der Waals surface area contributed by atoms with Crippen LogP contribution in [0.25, 0.3) is 0 Å². The van der Waals surface area contributed by atoms with Crippen molar-refractivity contribution in [3.8, 4) is 5.75 Å². The van der Waals surface area contributed by atoms with E-state index in [1.165, 1.54) is 32.6 Å². The first-order chi connectivity index (χ1) is 13.1. The molecule has 10 heteroatoms. The number of amides is 1. The standard InChI is InChI=1S/C18H23N3O5S2/c1-18(2,13-7-8-26-11-13)20-16(22)10-12-5-6-14(25-4)15(9-12)28(23,24)21-17(27)19-3/h5-9,11H,10H2,1-4H3,(H,20,22)(H2,19,21,27). The fourth-order valence-electron chi connectivity index (χ4n) is 2.54. The van der Waals surface area contributed by atoms with Gasteiger partial charge in [0.05, 0.1) is 31.6 Å². The van der Waals surface area contributed by atoms with E-state index in [0.29, 0.717) is 5.56 Å². The topological polar surface area (TPSA) is 110 Å². The van der Waals surface area contributed by atoms with Crippen LogP contribution < -0.4 is 20.1 Å². The minimum atomic E-state index is -3.97. The number of furan rings is 1. The molecule has 0 atom stereocenters. The lowest BCUT2D eigenvalue weighted by Gasteiger charge is -2.25. The Morgan fingerprint density at radius 1 is 1.29 bits per heavy atom. The fourth-order valence-corrected chi connectivity index (χ4v) is 4.05. The molecule has 152 valence electrons. The van der Waals surface area contributed by atoms with Gasteiger partial charge in [-0.25, -0.2) is 8.42 Å². The fraction of sp³-hybridized carbons (Fsp3) is 0.333. The van der Waals surface area contributed by atoms with Crippen LogP contribution in [0.1, 0.15) is 25.0 Å². The molecule has 8 nitrogen and oxygen atoms in total. The highest BCUT2D eigenvalue weighted by Gasteiger charge is 2.25. The quantitative estimate of drug-likeness (QED) is 0.579. The number of hydrogen-bond acceptors (Lipinski definition) is 6. The van der Waals surface area contributed by atoms with E-state index in [1.54, 1.807) is 18.4 Å². The largest absolute Gasteiger partial charge is 0.495 e. The van der Waals surface area contributed by atoms with Crippen molar-refractivity contribution < 1.29 is 22.4 Å². The summed E-state index contributed by atoms with van der Waals surface area (Å²) in [6.45, 7) is 3.70. The Morgan fingerprint density at radius 2 is 2.00 bits per heavy atom. The zero-order chi connectivity index (χ0) is 20.9. The van der Waals surface area contributed by atoms with Gasteiger partial charge < -0.3 is 19.8 Å². The first kappa shape index (κ1) is 21.7. The molecule has 28 heavy (non-hydrogen) atoms. The van der Waals surface area contributed by atoms with Crippen molar-refractivity contribution in [1.82, 2.24) is 15.4 Å². The van der Waals surface area contributed by atoms with Crippen molar-refractivity contribution in [2.45, 2.75) is 30.7 Å². The van der Waals surface area contributed by atoms with Crippen LogP contribution in [0.15, 0.2) is 46.1 Å². The summed E-state index contributed by atoms with van der Waals surface area (Å²) in [4.78, 5) is 12.4. The van der Waals surface area contributed by atoms with Gasteiger partial charge in [0.1, 0.15) is 10.6 Å². The van der Waals surface area contributed by atoms with Crippen LogP contribution >= 0.6 is 12.2 Å². The number of carbonyl (C=O) groups excluding carboxylic acids is 1. The highest BCUT2D eigenvalue weighted by atomic mass is 32.2. The van der Waals surface area contributed by atoms with Crippen LogP contribution in [0.4, 0.5) is 0 Å². The smallest absolute Gasteiger partial charge is 0.267 e. The van der Waals surface area contributed by atoms with Crippen LogP contribution in [0.5, 0.6) is 5.75 Å². The number of ether oxygens (including phenoxy) is 1. The Balaban J connectivity index is 2.23. The summed E-state index contributed by atoms with van der Waals surface area (Å²) in [5.41, 5.74) is 0.701. The first-order valence-electron chi connectivity index (χ1n) is 8.34. The molecule has 0 bridgehead atoms. The summed E-state index contributed by atoms with van der Waals surface area (Å²) in [5, 5.41) is 5.40. The SMILES string of the molecule is CNC(=S)NS(=O)(=O)c1cc(CC(=O)NC(C)(C)c2ccoc2)ccc1OC. The van der Waals surface area contributed by atoms with E-state index in [4.69, 9.17) is 21.4 Å². The van der Waals surface area contributed by atoms with Crippen LogP contribution in [0, 0.1) is 0 Å². The third-order valence-corrected chi connectivity index (χ3v) is 5.84. The molecule has 0 aliphatic carbocycles. The van der Waals surface area contributed by atoms with Gasteiger partial charge in [0.15, 0.2) is 5.11 Å². The van der Waals surface area contributed by atoms with Crippen LogP contribution in [-0.2, 0) is 26.8 Å². The first-order valence-corrected chi connectivity index (χ1v) is 10.2. The molecule has 0 fully saturated rings. The van der Waals surface area contributed by atoms with Gasteiger partial charge in [-0.15, -0.1) is 0 Å². The van der Waals surface area contributed by atoms with Crippen molar-refractivity contribution in [3.63, 3.8) is 0 Å². The predicted octanol–water partition coefficient (Wildman–Crippen LogP) is 1.66. The third-order valence-electron chi connectivity index (χ3n) is 4.03. The Bertz CT molecular complexity index is 954. The van der Waals surface area contributed by atoms with Gasteiger partial charge in [-0.05, 0) is 49.8 Å². The van der Waals surface area contributed by atoms with Crippen LogP contribution in [0.3, 0.4) is 0 Å². The van der Waals surface area contributed by atoms with Crippen LogP contribution in [0.2, 0.25) is 0 Å². The molecule has 2 aromatic rings. The van der Waals surface area contributed by atoms with Gasteiger partial charge in [-0.2, -0.15) is 0 Å². The minimum Gasteiger partial charge on any atom is -0.495 e. The van der Waals surface area contributed by atoms with E-state index in [1.807, 2.05) is 13.8 Å². The lowest BCUT2D eigenvalue weighted by molar-refractivity contribution is -0.122. The van der Waals surface area contributed by atoms with Gasteiger partial charge in [-0.1, -0.05) is 6.07 Å². The Hall–Kier alpha value is -2.59. The number of nitrogens with one attached hydrogen (secondary N) is 3. The molecule has 0 unspecified atom stereocenters. The lowest BCUT2D eigenvalue weighted by atomic mass is 9.97. The van der Waals surface area contributed by atoms with Crippen molar-refractivity contribution in [1.29, 1.82) is 0 Å². The maximum Gasteiger partial charge on any atom is 0.267 e. The van der Waals surface area contributed by atoms with E-state index >= 15 is 0 Å². The number of hydrogen-bond donors (Lipinski definition) is 3. The molecule has 0 aliphatic heterocycles. The molecular weight excluding hydrogens is 402 g/mol. The summed E-state index contributed by atoms with van der Waals surface area (Å²) in [6, 6.07) is 6.30. The second kappa shape index (κ2) is 8.61. The molecule has 1 aromatic carbocycles. The number of benzene rings is 1. The third kappa shape index (κ3) is 5.23. The molecule has 2 rings (SSSR count). The molecule has 1 aromatic heterocycles. The molecular formula is C18H23N3O5S2. The van der Waals surface area contributed by atoms with Gasteiger partial charge in [0, 0.05) is 12.6 Å². The Labute approximate surface area is 169 Å². The van der Waals surface area contributed by atoms with Gasteiger partial charge in [-0.3, -0.25) is 9.52 Å². The molecule has 0 aliphatic rings. The van der Waals surface area contributed by atoms with Crippen molar-refractivity contribution in [2.75, 3.05) is 14.2 Å². The highest BCUT2D eigenvalue weighted by molar-refractivity contribution is 7.92. The maximum atomic E-state index is 12.6. The number of sulfonamides is 1. The van der Waals surface area contributed by atoms with Crippen molar-refractivity contribution in [3.05, 3.63) is 47.9 Å². The zero-order valence-electron chi connectivity index (χ0n) is 16.0. The Kier molecular flexibility index (Phi) is 6.68. The molecule has 1 amide bonds. The summed E-state index contributed by atoms with van der Waals surface area (Å²) in [6.07, 6.45) is 3.09. The van der Waals surface area contributed by atoms with Gasteiger partial charge in [0.25, 0.3) is 10.0 Å². The van der Waals surface area contributed by atoms with Gasteiger partial charge >= 0.3 is 0 Å². The number of methoxy groups -OCH3 is 1. The number of carbonyl (C=O) groups is 1. The molecule has 0 radical (unpaired) electrons. The summed E-state index contributed by atoms with van der Waals surface area (Å²) in [5.74, 6) is -0.118. The average molecular weight is 426 g/mol. The minimum absolute atomic E-state index is 0.00965. The van der Waals surface area contributed by atoms with Gasteiger partial charge in [0.2, 0.25) is 5.91 Å². The molecule has 1 heterocycles. The predicted molar refractivity (Wildman–Crippen MR) is 109 cm³/mol. The summed E-state index contributed by atoms with van der Waals surface area (Å²) < 4.78 is 37.6. The lowest BCUT2D eigenvalue weighted by Crippen LogP contribution is -2.41. The molecule has 0 saturated carbocycles. The molecule has 3 N–H and O–H groups in total. The van der Waals surface area contributed by atoms with E-state index in [2.05, 4.69) is 15.4 Å². The van der Waals surface area contributed by atoms with E-state index in [0.717, 1.165) is 5.56 Å². The average Bonchev–Trinajstić information content (AvgIpc) is 3.16. The van der Waals surface area contributed by atoms with E-state index in [-0.39, 0.29) is 28.1 Å². The Morgan fingerprint density at radius 3 is 2.57 bits per heavy atom.